The van der Waals surface area contributed by atoms with Crippen LogP contribution in [0.1, 0.15) is 28.0 Å². The molecule has 1 aliphatic rings. The summed E-state index contributed by atoms with van der Waals surface area (Å²) < 4.78 is 36.9. The van der Waals surface area contributed by atoms with E-state index in [1.807, 2.05) is 60.7 Å². The third-order valence-electron chi connectivity index (χ3n) is 6.51. The van der Waals surface area contributed by atoms with Gasteiger partial charge in [-0.25, -0.2) is 13.1 Å². The van der Waals surface area contributed by atoms with Crippen LogP contribution in [0.15, 0.2) is 106 Å². The number of hydrogen-bond acceptors (Lipinski definition) is 7. The van der Waals surface area contributed by atoms with Crippen molar-refractivity contribution in [3.8, 4) is 5.75 Å². The van der Waals surface area contributed by atoms with E-state index in [9.17, 15) is 8.42 Å². The van der Waals surface area contributed by atoms with Crippen molar-refractivity contribution in [2.45, 2.75) is 21.3 Å². The van der Waals surface area contributed by atoms with Gasteiger partial charge in [-0.15, -0.1) is 10.2 Å². The Morgan fingerprint density at radius 1 is 1.00 bits per heavy atom. The van der Waals surface area contributed by atoms with Crippen molar-refractivity contribution in [1.82, 2.24) is 19.6 Å². The lowest BCUT2D eigenvalue weighted by molar-refractivity contribution is 0.414. The van der Waals surface area contributed by atoms with Crippen LogP contribution < -0.4 is 9.46 Å². The van der Waals surface area contributed by atoms with Gasteiger partial charge in [-0.05, 0) is 58.3 Å². The lowest BCUT2D eigenvalue weighted by Crippen LogP contribution is -2.30. The van der Waals surface area contributed by atoms with E-state index in [2.05, 4.69) is 20.0 Å². The molecular formula is C28H22ClN5O3S2. The Balaban J connectivity index is 1.37. The Morgan fingerprint density at radius 2 is 1.74 bits per heavy atom. The maximum absolute atomic E-state index is 13.5. The third kappa shape index (κ3) is 4.92. The fourth-order valence-electron chi connectivity index (χ4n) is 4.73. The normalized spacial score (nSPS) is 16.8. The lowest BCUT2D eigenvalue weighted by Gasteiger charge is -2.22. The first-order valence-corrected chi connectivity index (χ1v) is 14.7. The topological polar surface area (TPSA) is 98.5 Å². The predicted octanol–water partition coefficient (Wildman–Crippen LogP) is 5.84. The number of para-hydroxylation sites is 1. The second-order valence-electron chi connectivity index (χ2n) is 8.83. The van der Waals surface area contributed by atoms with Crippen molar-refractivity contribution in [3.63, 3.8) is 0 Å². The summed E-state index contributed by atoms with van der Waals surface area (Å²) >= 11 is 7.40. The van der Waals surface area contributed by atoms with E-state index in [-0.39, 0.29) is 10.1 Å². The molecule has 0 saturated heterocycles. The number of hydrogen-bond donors (Lipinski definition) is 1. The summed E-state index contributed by atoms with van der Waals surface area (Å²) in [6.07, 6.45) is 3.20. The van der Waals surface area contributed by atoms with Crippen molar-refractivity contribution < 1.29 is 13.2 Å². The average molecular weight is 576 g/mol. The quantitative estimate of drug-likeness (QED) is 0.233. The molecule has 1 N–H and O–H groups in total. The van der Waals surface area contributed by atoms with Crippen molar-refractivity contribution in [2.24, 2.45) is 5.10 Å². The molecule has 0 spiro atoms. The molecule has 11 heteroatoms. The van der Waals surface area contributed by atoms with Crippen LogP contribution in [-0.4, -0.2) is 36.6 Å². The molecule has 0 bridgehead atoms. The van der Waals surface area contributed by atoms with Crippen LogP contribution >= 0.6 is 23.4 Å². The van der Waals surface area contributed by atoms with E-state index in [1.165, 1.54) is 30.2 Å². The molecule has 1 aliphatic carbocycles. The number of benzene rings is 4. The number of thioether (sulfide) groups is 1. The van der Waals surface area contributed by atoms with E-state index in [1.54, 1.807) is 30.1 Å². The van der Waals surface area contributed by atoms with E-state index in [4.69, 9.17) is 16.3 Å². The highest BCUT2D eigenvalue weighted by atomic mass is 35.5. The number of nitrogens with one attached hydrogen (secondary N) is 1. The van der Waals surface area contributed by atoms with E-state index >= 15 is 0 Å². The van der Waals surface area contributed by atoms with Crippen LogP contribution in [0.25, 0.3) is 10.8 Å². The molecule has 0 fully saturated rings. The molecule has 1 aromatic heterocycles. The number of methoxy groups -OCH3 is 1. The van der Waals surface area contributed by atoms with Gasteiger partial charge in [0, 0.05) is 10.6 Å². The maximum Gasteiger partial charge on any atom is 0.241 e. The number of nitrogens with zero attached hydrogens (tertiary/aromatic N) is 4. The van der Waals surface area contributed by atoms with Crippen molar-refractivity contribution >= 4 is 50.4 Å². The van der Waals surface area contributed by atoms with Crippen LogP contribution in [0.3, 0.4) is 0 Å². The standard InChI is InChI=1S/C28H22ClN5O3S2/c1-37-24-11-3-2-6-19(24)16-31-34-17-30-32-28(34)38-27-23-10-5-8-18-7-4-9-22(25(18)23)26(27)33-39(35,36)21-14-12-20(29)13-15-21/h2-17,26-27,33H,1H3. The molecular weight excluding hydrogens is 554 g/mol. The summed E-state index contributed by atoms with van der Waals surface area (Å²) in [5.41, 5.74) is 2.72. The Morgan fingerprint density at radius 3 is 2.51 bits per heavy atom. The van der Waals surface area contributed by atoms with Crippen LogP contribution in [0.2, 0.25) is 5.02 Å². The number of rotatable bonds is 8. The van der Waals surface area contributed by atoms with Crippen LogP contribution in [0, 0.1) is 0 Å². The zero-order valence-electron chi connectivity index (χ0n) is 20.6. The summed E-state index contributed by atoms with van der Waals surface area (Å²) in [5, 5.41) is 15.7. The Bertz CT molecular complexity index is 1800. The van der Waals surface area contributed by atoms with Gasteiger partial charge < -0.3 is 4.74 Å². The van der Waals surface area contributed by atoms with Crippen molar-refractivity contribution in [3.05, 3.63) is 113 Å². The summed E-state index contributed by atoms with van der Waals surface area (Å²) in [6.45, 7) is 0. The Kier molecular flexibility index (Phi) is 6.86. The van der Waals surface area contributed by atoms with Crippen LogP contribution in [-0.2, 0) is 10.0 Å². The maximum atomic E-state index is 13.5. The smallest absolute Gasteiger partial charge is 0.241 e. The number of sulfonamides is 1. The minimum atomic E-state index is -3.86. The van der Waals surface area contributed by atoms with Crippen molar-refractivity contribution in [1.29, 1.82) is 0 Å². The summed E-state index contributed by atoms with van der Waals surface area (Å²) in [6, 6.07) is 25.1. The number of aromatic nitrogens is 3. The van der Waals surface area contributed by atoms with E-state index in [0.717, 1.165) is 27.5 Å². The second-order valence-corrected chi connectivity index (χ2v) is 12.1. The molecule has 39 heavy (non-hydrogen) atoms. The number of ether oxygens (including phenoxy) is 1. The van der Waals surface area contributed by atoms with Gasteiger partial charge >= 0.3 is 0 Å². The first kappa shape index (κ1) is 25.6. The van der Waals surface area contributed by atoms with Gasteiger partial charge in [0.15, 0.2) is 0 Å². The second kappa shape index (κ2) is 10.5. The van der Waals surface area contributed by atoms with Gasteiger partial charge in [0.25, 0.3) is 0 Å². The van der Waals surface area contributed by atoms with Gasteiger partial charge in [-0.1, -0.05) is 71.9 Å². The van der Waals surface area contributed by atoms with Crippen molar-refractivity contribution in [2.75, 3.05) is 7.11 Å². The molecule has 6 rings (SSSR count). The zero-order valence-corrected chi connectivity index (χ0v) is 23.0. The van der Waals surface area contributed by atoms with Gasteiger partial charge in [0.2, 0.25) is 15.2 Å². The minimum absolute atomic E-state index is 0.142. The van der Waals surface area contributed by atoms with Crippen LogP contribution in [0.5, 0.6) is 5.75 Å². The fourth-order valence-corrected chi connectivity index (χ4v) is 7.37. The fraction of sp³-hybridized carbons (Fsp3) is 0.107. The molecule has 0 amide bonds. The predicted molar refractivity (Wildman–Crippen MR) is 153 cm³/mol. The monoisotopic (exact) mass is 575 g/mol. The molecule has 4 aromatic carbocycles. The molecule has 8 nitrogen and oxygen atoms in total. The van der Waals surface area contributed by atoms with Gasteiger partial charge in [0.1, 0.15) is 12.1 Å². The average Bonchev–Trinajstić information content (AvgIpc) is 3.51. The first-order valence-electron chi connectivity index (χ1n) is 12.0. The molecule has 2 unspecified atom stereocenters. The number of halogens is 1. The molecule has 0 saturated carbocycles. The largest absolute Gasteiger partial charge is 0.496 e. The highest BCUT2D eigenvalue weighted by molar-refractivity contribution is 7.99. The summed E-state index contributed by atoms with van der Waals surface area (Å²) in [4.78, 5) is 0.142. The zero-order chi connectivity index (χ0) is 27.0. The van der Waals surface area contributed by atoms with Crippen LogP contribution in [0.4, 0.5) is 0 Å². The molecule has 0 aliphatic heterocycles. The highest BCUT2D eigenvalue weighted by Crippen LogP contribution is 2.53. The van der Waals surface area contributed by atoms with Gasteiger partial charge in [-0.2, -0.15) is 9.78 Å². The highest BCUT2D eigenvalue weighted by Gasteiger charge is 2.38. The molecule has 2 atom stereocenters. The Hall–Kier alpha value is -3.70. The Labute approximate surface area is 234 Å². The van der Waals surface area contributed by atoms with Gasteiger partial charge in [0.05, 0.1) is 29.5 Å². The summed E-state index contributed by atoms with van der Waals surface area (Å²) in [5.74, 6) is 0.693. The minimum Gasteiger partial charge on any atom is -0.496 e. The van der Waals surface area contributed by atoms with Gasteiger partial charge in [-0.3, -0.25) is 0 Å². The van der Waals surface area contributed by atoms with E-state index < -0.39 is 16.1 Å². The first-order chi connectivity index (χ1) is 18.9. The lowest BCUT2D eigenvalue weighted by atomic mass is 10.1. The van der Waals surface area contributed by atoms with E-state index in [0.29, 0.717) is 15.9 Å². The third-order valence-corrected chi connectivity index (χ3v) is 9.48. The molecule has 5 aromatic rings. The SMILES string of the molecule is COc1ccccc1C=Nn1cnnc1SC1c2cccc3cccc(c23)C1NS(=O)(=O)c1ccc(Cl)cc1. The molecule has 0 radical (unpaired) electrons. The molecule has 196 valence electrons. The summed E-state index contributed by atoms with van der Waals surface area (Å²) in [7, 11) is -2.25. The molecule has 1 heterocycles.